The third-order valence-electron chi connectivity index (χ3n) is 3.08. The van der Waals surface area contributed by atoms with E-state index in [1.165, 1.54) is 5.19 Å². The van der Waals surface area contributed by atoms with Crippen LogP contribution in [0.25, 0.3) is 0 Å². The zero-order chi connectivity index (χ0) is 12.8. The van der Waals surface area contributed by atoms with Crippen LogP contribution in [0.5, 0.6) is 0 Å². The highest BCUT2D eigenvalue weighted by molar-refractivity contribution is 6.83. The SMILES string of the molecule is CCO[Si](OCC)(c1ccccc1)C1C=CC=C1. The van der Waals surface area contributed by atoms with Gasteiger partial charge in [0.15, 0.2) is 0 Å². The monoisotopic (exact) mass is 260 g/mol. The molecular formula is C15H20O2Si. The number of hydrogen-bond acceptors (Lipinski definition) is 2. The Labute approximate surface area is 110 Å². The lowest BCUT2D eigenvalue weighted by atomic mass is 10.4. The molecule has 0 spiro atoms. The van der Waals surface area contributed by atoms with Crippen molar-refractivity contribution < 1.29 is 8.85 Å². The Morgan fingerprint density at radius 3 is 2.00 bits per heavy atom. The second-order valence-electron chi connectivity index (χ2n) is 4.20. The molecule has 18 heavy (non-hydrogen) atoms. The van der Waals surface area contributed by atoms with Gasteiger partial charge in [0.2, 0.25) is 0 Å². The van der Waals surface area contributed by atoms with E-state index >= 15 is 0 Å². The second-order valence-corrected chi connectivity index (χ2v) is 7.35. The number of rotatable bonds is 6. The fourth-order valence-corrected chi connectivity index (χ4v) is 5.81. The molecule has 1 aromatic carbocycles. The molecule has 2 nitrogen and oxygen atoms in total. The zero-order valence-electron chi connectivity index (χ0n) is 11.0. The molecule has 0 heterocycles. The minimum atomic E-state index is -2.41. The third kappa shape index (κ3) is 2.48. The maximum absolute atomic E-state index is 6.15. The molecule has 96 valence electrons. The van der Waals surface area contributed by atoms with Gasteiger partial charge in [-0.15, -0.1) is 0 Å². The van der Waals surface area contributed by atoms with Crippen LogP contribution >= 0.6 is 0 Å². The van der Waals surface area contributed by atoms with Crippen molar-refractivity contribution in [1.82, 2.24) is 0 Å². The number of allylic oxidation sites excluding steroid dienone is 4. The maximum Gasteiger partial charge on any atom is 0.383 e. The van der Waals surface area contributed by atoms with Crippen molar-refractivity contribution in [2.45, 2.75) is 19.4 Å². The van der Waals surface area contributed by atoms with E-state index in [1.54, 1.807) is 0 Å². The van der Waals surface area contributed by atoms with Gasteiger partial charge < -0.3 is 8.85 Å². The summed E-state index contributed by atoms with van der Waals surface area (Å²) >= 11 is 0. The number of hydrogen-bond donors (Lipinski definition) is 0. The van der Waals surface area contributed by atoms with Gasteiger partial charge in [0.1, 0.15) is 0 Å². The van der Waals surface area contributed by atoms with Gasteiger partial charge in [-0.25, -0.2) is 0 Å². The lowest BCUT2D eigenvalue weighted by molar-refractivity contribution is 0.194. The predicted octanol–water partition coefficient (Wildman–Crippen LogP) is 2.91. The van der Waals surface area contributed by atoms with Crippen LogP contribution in [0.3, 0.4) is 0 Å². The van der Waals surface area contributed by atoms with Gasteiger partial charge in [-0.3, -0.25) is 0 Å². The molecule has 3 heteroatoms. The number of benzene rings is 1. The Balaban J connectivity index is 2.42. The van der Waals surface area contributed by atoms with E-state index in [9.17, 15) is 0 Å². The first-order valence-corrected chi connectivity index (χ1v) is 8.41. The molecule has 0 aromatic heterocycles. The van der Waals surface area contributed by atoms with Crippen LogP contribution < -0.4 is 5.19 Å². The smallest absolute Gasteiger partial charge is 0.383 e. The molecule has 0 radical (unpaired) electrons. The quantitative estimate of drug-likeness (QED) is 0.732. The van der Waals surface area contributed by atoms with Crippen LogP contribution in [0.15, 0.2) is 54.6 Å². The summed E-state index contributed by atoms with van der Waals surface area (Å²) in [7, 11) is -2.41. The molecule has 1 aromatic rings. The van der Waals surface area contributed by atoms with E-state index in [1.807, 2.05) is 19.9 Å². The molecule has 1 aliphatic carbocycles. The Kier molecular flexibility index (Phi) is 4.52. The summed E-state index contributed by atoms with van der Waals surface area (Å²) < 4.78 is 12.3. The molecule has 0 unspecified atom stereocenters. The van der Waals surface area contributed by atoms with Crippen molar-refractivity contribution >= 4 is 13.7 Å². The second kappa shape index (κ2) is 6.14. The fourth-order valence-electron chi connectivity index (χ4n) is 2.38. The van der Waals surface area contributed by atoms with E-state index in [0.717, 1.165) is 0 Å². The molecule has 0 N–H and O–H groups in total. The van der Waals surface area contributed by atoms with Crippen molar-refractivity contribution in [3.05, 3.63) is 54.6 Å². The summed E-state index contributed by atoms with van der Waals surface area (Å²) in [5, 5.41) is 1.20. The maximum atomic E-state index is 6.15. The third-order valence-corrected chi connectivity index (χ3v) is 6.92. The molecule has 0 atom stereocenters. The first-order chi connectivity index (χ1) is 8.83. The standard InChI is InChI=1S/C15H20O2Si/c1-3-16-18(17-4-2,15-12-8-9-13-15)14-10-6-5-7-11-14/h5-13,15H,3-4H2,1-2H3. The highest BCUT2D eigenvalue weighted by atomic mass is 28.4. The highest BCUT2D eigenvalue weighted by Crippen LogP contribution is 2.30. The topological polar surface area (TPSA) is 18.5 Å². The van der Waals surface area contributed by atoms with Gasteiger partial charge in [0.05, 0.1) is 0 Å². The first kappa shape index (κ1) is 13.3. The molecule has 0 aliphatic heterocycles. The minimum Gasteiger partial charge on any atom is -0.391 e. The van der Waals surface area contributed by atoms with Crippen molar-refractivity contribution in [2.75, 3.05) is 13.2 Å². The summed E-state index contributed by atoms with van der Waals surface area (Å²) in [5.41, 5.74) is 0.264. The van der Waals surface area contributed by atoms with Gasteiger partial charge in [0.25, 0.3) is 0 Å². The van der Waals surface area contributed by atoms with Crippen LogP contribution in [-0.4, -0.2) is 21.8 Å². The van der Waals surface area contributed by atoms with Crippen molar-refractivity contribution in [3.8, 4) is 0 Å². The van der Waals surface area contributed by atoms with Crippen LogP contribution in [0.2, 0.25) is 5.54 Å². The minimum absolute atomic E-state index is 0.264. The molecule has 0 saturated carbocycles. The Morgan fingerprint density at radius 1 is 0.944 bits per heavy atom. The van der Waals surface area contributed by atoms with Crippen molar-refractivity contribution in [2.24, 2.45) is 0 Å². The van der Waals surface area contributed by atoms with Gasteiger partial charge in [-0.2, -0.15) is 0 Å². The van der Waals surface area contributed by atoms with Gasteiger partial charge >= 0.3 is 8.56 Å². The van der Waals surface area contributed by atoms with Gasteiger partial charge in [0, 0.05) is 18.8 Å². The van der Waals surface area contributed by atoms with Gasteiger partial charge in [-0.1, -0.05) is 54.6 Å². The summed E-state index contributed by atoms with van der Waals surface area (Å²) in [6.07, 6.45) is 8.52. The molecule has 0 saturated heterocycles. The highest BCUT2D eigenvalue weighted by Gasteiger charge is 2.46. The van der Waals surface area contributed by atoms with Crippen LogP contribution in [-0.2, 0) is 8.85 Å². The van der Waals surface area contributed by atoms with Crippen LogP contribution in [0.1, 0.15) is 13.8 Å². The van der Waals surface area contributed by atoms with Gasteiger partial charge in [-0.05, 0) is 19.0 Å². The molecule has 2 rings (SSSR count). The molecule has 0 amide bonds. The summed E-state index contributed by atoms with van der Waals surface area (Å²) in [4.78, 5) is 0. The van der Waals surface area contributed by atoms with Crippen LogP contribution in [0, 0.1) is 0 Å². The predicted molar refractivity (Wildman–Crippen MR) is 77.1 cm³/mol. The Hall–Kier alpha value is -1.16. The zero-order valence-corrected chi connectivity index (χ0v) is 12.0. The molecule has 1 aliphatic rings. The van der Waals surface area contributed by atoms with Crippen LogP contribution in [0.4, 0.5) is 0 Å². The Bertz CT molecular complexity index is 407. The van der Waals surface area contributed by atoms with E-state index < -0.39 is 8.56 Å². The average molecular weight is 260 g/mol. The molecule has 0 fully saturated rings. The lowest BCUT2D eigenvalue weighted by Crippen LogP contribution is -2.56. The molecule has 0 bridgehead atoms. The van der Waals surface area contributed by atoms with Crippen molar-refractivity contribution in [1.29, 1.82) is 0 Å². The first-order valence-electron chi connectivity index (χ1n) is 6.52. The lowest BCUT2D eigenvalue weighted by Gasteiger charge is -2.33. The van der Waals surface area contributed by atoms with E-state index in [0.29, 0.717) is 13.2 Å². The Morgan fingerprint density at radius 2 is 1.50 bits per heavy atom. The van der Waals surface area contributed by atoms with E-state index in [2.05, 4.69) is 48.6 Å². The average Bonchev–Trinajstić information content (AvgIpc) is 2.94. The summed E-state index contributed by atoms with van der Waals surface area (Å²) in [6, 6.07) is 10.4. The summed E-state index contributed by atoms with van der Waals surface area (Å²) in [6.45, 7) is 5.43. The molecular weight excluding hydrogens is 240 g/mol. The largest absolute Gasteiger partial charge is 0.391 e. The normalized spacial score (nSPS) is 15.4. The van der Waals surface area contributed by atoms with E-state index in [4.69, 9.17) is 8.85 Å². The van der Waals surface area contributed by atoms with Crippen molar-refractivity contribution in [3.63, 3.8) is 0 Å². The fraction of sp³-hybridized carbons (Fsp3) is 0.333. The van der Waals surface area contributed by atoms with E-state index in [-0.39, 0.29) is 5.54 Å². The summed E-state index contributed by atoms with van der Waals surface area (Å²) in [5.74, 6) is 0.